The molecule has 1 aromatic heterocycles. The van der Waals surface area contributed by atoms with Crippen LogP contribution in [0.15, 0.2) is 11.2 Å². The van der Waals surface area contributed by atoms with Gasteiger partial charge in [0.05, 0.1) is 18.9 Å². The number of nitrogens with zero attached hydrogens (tertiary/aromatic N) is 1. The highest BCUT2D eigenvalue weighted by atomic mass is 35.7. The van der Waals surface area contributed by atoms with Crippen LogP contribution >= 0.6 is 22.3 Å². The van der Waals surface area contributed by atoms with E-state index in [1.54, 1.807) is 0 Å². The minimum absolute atomic E-state index is 0.220. The Labute approximate surface area is 99.6 Å². The van der Waals surface area contributed by atoms with Crippen LogP contribution in [0.3, 0.4) is 0 Å². The highest BCUT2D eigenvalue weighted by Crippen LogP contribution is 2.38. The lowest BCUT2D eigenvalue weighted by molar-refractivity contribution is 0.142. The zero-order valence-corrected chi connectivity index (χ0v) is 10.1. The second-order valence-electron chi connectivity index (χ2n) is 2.60. The predicted molar refractivity (Wildman–Crippen MR) is 53.8 cm³/mol. The molecule has 0 aliphatic carbocycles. The van der Waals surface area contributed by atoms with E-state index in [9.17, 15) is 17.2 Å². The topological polar surface area (TPSA) is 56.3 Å². The van der Waals surface area contributed by atoms with Crippen LogP contribution < -0.4 is 4.74 Å². The Hall–Kier alpha value is -0.660. The third-order valence-corrected chi connectivity index (χ3v) is 3.14. The average molecular weight is 292 g/mol. The van der Waals surface area contributed by atoms with Crippen molar-refractivity contribution >= 4 is 31.3 Å². The summed E-state index contributed by atoms with van der Waals surface area (Å²) in [6.45, 7) is 0. The van der Waals surface area contributed by atoms with E-state index in [4.69, 9.17) is 22.3 Å². The van der Waals surface area contributed by atoms with Crippen molar-refractivity contribution in [1.82, 2.24) is 4.98 Å². The molecule has 0 unspecified atom stereocenters. The van der Waals surface area contributed by atoms with Gasteiger partial charge < -0.3 is 4.74 Å². The van der Waals surface area contributed by atoms with E-state index < -0.39 is 31.8 Å². The molecule has 1 aromatic rings. The lowest BCUT2D eigenvalue weighted by atomic mass is 10.2. The molecule has 4 nitrogen and oxygen atoms in total. The van der Waals surface area contributed by atoms with E-state index in [-0.39, 0.29) is 5.02 Å². The first-order chi connectivity index (χ1) is 7.29. The number of methoxy groups -OCH3 is 1. The summed E-state index contributed by atoms with van der Waals surface area (Å²) >= 11 is 5.54. The van der Waals surface area contributed by atoms with Crippen LogP contribution in [0.1, 0.15) is 12.0 Å². The van der Waals surface area contributed by atoms with Crippen LogP contribution in [-0.2, 0) is 9.05 Å². The Morgan fingerprint density at radius 2 is 2.06 bits per heavy atom. The van der Waals surface area contributed by atoms with E-state index in [2.05, 4.69) is 9.72 Å². The fraction of sp³-hybridized carbons (Fsp3) is 0.286. The number of hydrogen-bond donors (Lipinski definition) is 0. The maximum atomic E-state index is 12.7. The Morgan fingerprint density at radius 1 is 1.50 bits per heavy atom. The van der Waals surface area contributed by atoms with Crippen molar-refractivity contribution in [3.63, 3.8) is 0 Å². The molecule has 1 heterocycles. The third-order valence-electron chi connectivity index (χ3n) is 1.64. The highest BCUT2D eigenvalue weighted by molar-refractivity contribution is 8.13. The summed E-state index contributed by atoms with van der Waals surface area (Å²) in [5.74, 6) is -0.453. The summed E-state index contributed by atoms with van der Waals surface area (Å²) in [6, 6.07) is 0. The first-order valence-electron chi connectivity index (χ1n) is 3.74. The van der Waals surface area contributed by atoms with Gasteiger partial charge in [-0.1, -0.05) is 11.6 Å². The number of ether oxygens (including phenoxy) is 1. The van der Waals surface area contributed by atoms with E-state index in [1.165, 1.54) is 0 Å². The molecule has 0 bridgehead atoms. The van der Waals surface area contributed by atoms with E-state index in [1.807, 2.05) is 0 Å². The van der Waals surface area contributed by atoms with Crippen molar-refractivity contribution in [3.05, 3.63) is 16.8 Å². The molecular weight excluding hydrogens is 287 g/mol. The fourth-order valence-electron chi connectivity index (χ4n) is 1.06. The second-order valence-corrected chi connectivity index (χ2v) is 5.49. The molecule has 0 N–H and O–H groups in total. The Kier molecular flexibility index (Phi) is 3.92. The van der Waals surface area contributed by atoms with Crippen molar-refractivity contribution in [1.29, 1.82) is 0 Å². The molecule has 0 radical (unpaired) electrons. The lowest BCUT2D eigenvalue weighted by Crippen LogP contribution is -2.05. The summed E-state index contributed by atoms with van der Waals surface area (Å²) in [5, 5.41) is -1.17. The monoisotopic (exact) mass is 291 g/mol. The van der Waals surface area contributed by atoms with Gasteiger partial charge in [-0.3, -0.25) is 0 Å². The number of aromatic nitrogens is 1. The number of pyridine rings is 1. The van der Waals surface area contributed by atoms with Gasteiger partial charge in [0.2, 0.25) is 0 Å². The molecule has 0 fully saturated rings. The van der Waals surface area contributed by atoms with Crippen molar-refractivity contribution in [2.75, 3.05) is 7.11 Å². The largest absolute Gasteiger partial charge is 0.495 e. The van der Waals surface area contributed by atoms with Gasteiger partial charge in [-0.2, -0.15) is 0 Å². The number of rotatable bonds is 3. The van der Waals surface area contributed by atoms with Crippen LogP contribution in [0.4, 0.5) is 8.78 Å². The molecule has 0 amide bonds. The zero-order chi connectivity index (χ0) is 12.5. The number of halogens is 4. The quantitative estimate of drug-likeness (QED) is 0.803. The first kappa shape index (κ1) is 13.4. The van der Waals surface area contributed by atoms with Gasteiger partial charge >= 0.3 is 0 Å². The Bertz CT molecular complexity index is 507. The van der Waals surface area contributed by atoms with Crippen molar-refractivity contribution in [3.8, 4) is 5.75 Å². The van der Waals surface area contributed by atoms with Gasteiger partial charge in [-0.25, -0.2) is 22.2 Å². The molecule has 0 aromatic carbocycles. The fourth-order valence-corrected chi connectivity index (χ4v) is 2.28. The summed E-state index contributed by atoms with van der Waals surface area (Å²) < 4.78 is 52.0. The normalized spacial score (nSPS) is 11.9. The molecule has 0 atom stereocenters. The van der Waals surface area contributed by atoms with Crippen molar-refractivity contribution in [2.24, 2.45) is 0 Å². The molecule has 0 saturated carbocycles. The second kappa shape index (κ2) is 4.68. The van der Waals surface area contributed by atoms with Crippen molar-refractivity contribution in [2.45, 2.75) is 11.5 Å². The SMILES string of the molecule is COc1c(Cl)cnc(S(=O)(=O)Cl)c1C(F)F. The van der Waals surface area contributed by atoms with Crippen LogP contribution in [-0.4, -0.2) is 20.5 Å². The Balaban J connectivity index is 3.65. The molecule has 1 rings (SSSR count). The average Bonchev–Trinajstić information content (AvgIpc) is 2.14. The van der Waals surface area contributed by atoms with Crippen molar-refractivity contribution < 1.29 is 21.9 Å². The van der Waals surface area contributed by atoms with Gasteiger partial charge in [-0.15, -0.1) is 0 Å². The predicted octanol–water partition coefficient (Wildman–Crippen LogP) is 2.61. The Morgan fingerprint density at radius 3 is 2.44 bits per heavy atom. The summed E-state index contributed by atoms with van der Waals surface area (Å²) in [4.78, 5) is 3.27. The standard InChI is InChI=1S/C7H5Cl2F2NO3S/c1-15-5-3(8)2-12-7(16(9,13)14)4(5)6(10)11/h2,6H,1H3. The number of hydrogen-bond acceptors (Lipinski definition) is 4. The maximum Gasteiger partial charge on any atom is 0.279 e. The molecule has 0 aliphatic rings. The minimum atomic E-state index is -4.39. The van der Waals surface area contributed by atoms with E-state index in [0.717, 1.165) is 13.3 Å². The molecule has 90 valence electrons. The van der Waals surface area contributed by atoms with Crippen LogP contribution in [0.25, 0.3) is 0 Å². The third kappa shape index (κ3) is 2.53. The molecular formula is C7H5Cl2F2NO3S. The molecule has 16 heavy (non-hydrogen) atoms. The number of alkyl halides is 2. The van der Waals surface area contributed by atoms with Gasteiger partial charge in [-0.05, 0) is 0 Å². The van der Waals surface area contributed by atoms with Gasteiger partial charge in [0, 0.05) is 10.7 Å². The summed E-state index contributed by atoms with van der Waals surface area (Å²) in [6.07, 6.45) is -2.24. The van der Waals surface area contributed by atoms with Gasteiger partial charge in [0.15, 0.2) is 10.8 Å². The molecule has 9 heteroatoms. The zero-order valence-electron chi connectivity index (χ0n) is 7.75. The highest BCUT2D eigenvalue weighted by Gasteiger charge is 2.29. The smallest absolute Gasteiger partial charge is 0.279 e. The van der Waals surface area contributed by atoms with Gasteiger partial charge in [0.25, 0.3) is 15.5 Å². The summed E-state index contributed by atoms with van der Waals surface area (Å²) in [7, 11) is 1.66. The van der Waals surface area contributed by atoms with E-state index >= 15 is 0 Å². The lowest BCUT2D eigenvalue weighted by Gasteiger charge is -2.11. The maximum absolute atomic E-state index is 12.7. The van der Waals surface area contributed by atoms with Crippen LogP contribution in [0.5, 0.6) is 5.75 Å². The molecule has 0 saturated heterocycles. The van der Waals surface area contributed by atoms with Crippen LogP contribution in [0, 0.1) is 0 Å². The first-order valence-corrected chi connectivity index (χ1v) is 6.43. The van der Waals surface area contributed by atoms with Gasteiger partial charge in [0.1, 0.15) is 5.02 Å². The summed E-state index contributed by atoms with van der Waals surface area (Å²) in [5.41, 5.74) is -0.940. The molecule has 0 spiro atoms. The van der Waals surface area contributed by atoms with E-state index in [0.29, 0.717) is 0 Å². The van der Waals surface area contributed by atoms with Crippen LogP contribution in [0.2, 0.25) is 5.02 Å². The minimum Gasteiger partial charge on any atom is -0.495 e. The molecule has 0 aliphatic heterocycles.